The van der Waals surface area contributed by atoms with Crippen LogP contribution in [0.2, 0.25) is 0 Å². The Bertz CT molecular complexity index is 919. The molecule has 1 N–H and O–H groups in total. The van der Waals surface area contributed by atoms with Gasteiger partial charge in [0.05, 0.1) is 6.04 Å². The number of nitrogens with one attached hydrogen (secondary N) is 1. The lowest BCUT2D eigenvalue weighted by Gasteiger charge is -2.44. The minimum atomic E-state index is -0.507. The number of carbonyl (C=O) groups excluding carboxylic acids is 1. The Morgan fingerprint density at radius 3 is 2.53 bits per heavy atom. The molecule has 1 fully saturated rings. The van der Waals surface area contributed by atoms with Gasteiger partial charge in [-0.3, -0.25) is 0 Å². The van der Waals surface area contributed by atoms with Crippen molar-refractivity contribution >= 4 is 11.9 Å². The molecule has 1 atom stereocenters. The molecule has 1 aromatic carbocycles. The number of piperidine rings is 1. The summed E-state index contributed by atoms with van der Waals surface area (Å²) in [4.78, 5) is 19.8. The minimum Gasteiger partial charge on any atom is -0.444 e. The van der Waals surface area contributed by atoms with Crippen molar-refractivity contribution in [3.05, 3.63) is 58.8 Å². The van der Waals surface area contributed by atoms with Crippen LogP contribution in [-0.4, -0.2) is 29.8 Å². The maximum absolute atomic E-state index is 12.7. The van der Waals surface area contributed by atoms with Crippen molar-refractivity contribution in [3.8, 4) is 0 Å². The lowest BCUT2D eigenvalue weighted by molar-refractivity contribution is 0.0428. The number of aryl methyl sites for hydroxylation is 2. The van der Waals surface area contributed by atoms with E-state index in [1.54, 1.807) is 0 Å². The molecule has 5 heteroatoms. The van der Waals surface area contributed by atoms with Crippen molar-refractivity contribution in [2.75, 3.05) is 18.0 Å². The van der Waals surface area contributed by atoms with Crippen LogP contribution in [0.4, 0.5) is 10.6 Å². The summed E-state index contributed by atoms with van der Waals surface area (Å²) < 4.78 is 5.59. The third-order valence-electron chi connectivity index (χ3n) is 6.35. The molecule has 1 spiro atoms. The average Bonchev–Trinajstić information content (AvgIpc) is 2.93. The van der Waals surface area contributed by atoms with Gasteiger partial charge in [0.25, 0.3) is 0 Å². The van der Waals surface area contributed by atoms with Crippen LogP contribution in [0.3, 0.4) is 0 Å². The molecule has 1 amide bonds. The Morgan fingerprint density at radius 2 is 1.87 bits per heavy atom. The Kier molecular flexibility index (Phi) is 5.25. The van der Waals surface area contributed by atoms with Crippen molar-refractivity contribution in [2.24, 2.45) is 5.41 Å². The molecule has 0 bridgehead atoms. The zero-order valence-corrected chi connectivity index (χ0v) is 18.8. The van der Waals surface area contributed by atoms with Gasteiger partial charge < -0.3 is 15.0 Å². The highest BCUT2D eigenvalue weighted by Gasteiger charge is 2.48. The molecule has 1 aliphatic heterocycles. The number of amides is 1. The zero-order valence-electron chi connectivity index (χ0n) is 18.8. The van der Waals surface area contributed by atoms with Crippen LogP contribution in [0.15, 0.2) is 36.4 Å². The molecule has 2 heterocycles. The van der Waals surface area contributed by atoms with Crippen LogP contribution in [0.25, 0.3) is 0 Å². The fourth-order valence-corrected chi connectivity index (χ4v) is 5.07. The topological polar surface area (TPSA) is 54.5 Å². The smallest absolute Gasteiger partial charge is 0.408 e. The predicted octanol–water partition coefficient (Wildman–Crippen LogP) is 5.11. The molecule has 1 aliphatic carbocycles. The number of fused-ring (bicyclic) bond motifs is 1. The third-order valence-corrected chi connectivity index (χ3v) is 6.35. The first-order chi connectivity index (χ1) is 14.2. The van der Waals surface area contributed by atoms with Gasteiger partial charge in [0, 0.05) is 24.2 Å². The Morgan fingerprint density at radius 1 is 1.17 bits per heavy atom. The van der Waals surface area contributed by atoms with E-state index in [2.05, 4.69) is 60.5 Å². The van der Waals surface area contributed by atoms with E-state index >= 15 is 0 Å². The zero-order chi connectivity index (χ0) is 21.5. The number of rotatable bonds is 2. The summed E-state index contributed by atoms with van der Waals surface area (Å²) in [6, 6.07) is 12.8. The van der Waals surface area contributed by atoms with E-state index < -0.39 is 5.60 Å². The predicted molar refractivity (Wildman–Crippen MR) is 120 cm³/mol. The Balaban J connectivity index is 1.55. The first-order valence-electron chi connectivity index (χ1n) is 10.9. The number of nitrogens with zero attached hydrogens (tertiary/aromatic N) is 2. The SMILES string of the molecule is Cc1cc(C)nc(N2CCC3(CC2)Cc2ccccc2[C@H]3NC(=O)OC(C)(C)C)c1. The van der Waals surface area contributed by atoms with E-state index in [4.69, 9.17) is 9.72 Å². The maximum Gasteiger partial charge on any atom is 0.408 e. The van der Waals surface area contributed by atoms with Crippen LogP contribution in [-0.2, 0) is 11.2 Å². The van der Waals surface area contributed by atoms with Gasteiger partial charge in [-0.05, 0) is 82.7 Å². The van der Waals surface area contributed by atoms with Crippen LogP contribution in [0.1, 0.15) is 62.0 Å². The lowest BCUT2D eigenvalue weighted by Crippen LogP contribution is -2.48. The van der Waals surface area contributed by atoms with Gasteiger partial charge >= 0.3 is 6.09 Å². The standard InChI is InChI=1S/C25H33N3O2/c1-17-14-18(2)26-21(15-17)28-12-10-25(11-13-28)16-19-8-6-7-9-20(19)22(25)27-23(29)30-24(3,4)5/h6-9,14-15,22H,10-13,16H2,1-5H3,(H,27,29)/t22-/m1/s1. The van der Waals surface area contributed by atoms with Crippen LogP contribution in [0.5, 0.6) is 0 Å². The number of pyridine rings is 1. The summed E-state index contributed by atoms with van der Waals surface area (Å²) in [5.41, 5.74) is 4.40. The number of hydrogen-bond donors (Lipinski definition) is 1. The second kappa shape index (κ2) is 7.60. The second-order valence-electron chi connectivity index (χ2n) is 9.95. The van der Waals surface area contributed by atoms with Crippen LogP contribution in [0, 0.1) is 19.3 Å². The normalized spacial score (nSPS) is 20.2. The molecular weight excluding hydrogens is 374 g/mol. The van der Waals surface area contributed by atoms with Gasteiger partial charge in [0.15, 0.2) is 0 Å². The Hall–Kier alpha value is -2.56. The fraction of sp³-hybridized carbons (Fsp3) is 0.520. The van der Waals surface area contributed by atoms with Crippen molar-refractivity contribution in [2.45, 2.75) is 65.5 Å². The molecule has 1 aromatic heterocycles. The summed E-state index contributed by atoms with van der Waals surface area (Å²) in [7, 11) is 0. The summed E-state index contributed by atoms with van der Waals surface area (Å²) in [5.74, 6) is 1.06. The van der Waals surface area contributed by atoms with Gasteiger partial charge in [0.1, 0.15) is 11.4 Å². The summed E-state index contributed by atoms with van der Waals surface area (Å²) in [6.45, 7) is 11.8. The number of hydrogen-bond acceptors (Lipinski definition) is 4. The monoisotopic (exact) mass is 407 g/mol. The molecule has 4 rings (SSSR count). The molecule has 0 unspecified atom stereocenters. The van der Waals surface area contributed by atoms with E-state index in [0.717, 1.165) is 43.9 Å². The lowest BCUT2D eigenvalue weighted by atomic mass is 9.72. The molecule has 5 nitrogen and oxygen atoms in total. The summed E-state index contributed by atoms with van der Waals surface area (Å²) in [5, 5.41) is 3.23. The molecule has 2 aliphatic rings. The fourth-order valence-electron chi connectivity index (χ4n) is 5.07. The minimum absolute atomic E-state index is 0.0158. The van der Waals surface area contributed by atoms with Gasteiger partial charge in [-0.1, -0.05) is 24.3 Å². The highest BCUT2D eigenvalue weighted by molar-refractivity contribution is 5.69. The number of anilines is 1. The number of aromatic nitrogens is 1. The second-order valence-corrected chi connectivity index (χ2v) is 9.95. The number of ether oxygens (including phenoxy) is 1. The van der Waals surface area contributed by atoms with Crippen molar-refractivity contribution in [3.63, 3.8) is 0 Å². The molecule has 0 saturated carbocycles. The molecule has 0 radical (unpaired) electrons. The van der Waals surface area contributed by atoms with Crippen molar-refractivity contribution in [1.82, 2.24) is 10.3 Å². The van der Waals surface area contributed by atoms with Crippen LogP contribution >= 0.6 is 0 Å². The van der Waals surface area contributed by atoms with E-state index in [-0.39, 0.29) is 17.6 Å². The maximum atomic E-state index is 12.7. The van der Waals surface area contributed by atoms with E-state index in [9.17, 15) is 4.79 Å². The third kappa shape index (κ3) is 4.16. The number of carbonyl (C=O) groups is 1. The largest absolute Gasteiger partial charge is 0.444 e. The van der Waals surface area contributed by atoms with Crippen molar-refractivity contribution < 1.29 is 9.53 Å². The quantitative estimate of drug-likeness (QED) is 0.752. The number of benzene rings is 1. The first-order valence-corrected chi connectivity index (χ1v) is 10.9. The molecule has 30 heavy (non-hydrogen) atoms. The average molecular weight is 408 g/mol. The summed E-state index contributed by atoms with van der Waals surface area (Å²) in [6.07, 6.45) is 2.69. The van der Waals surface area contributed by atoms with Gasteiger partial charge in [-0.15, -0.1) is 0 Å². The highest BCUT2D eigenvalue weighted by atomic mass is 16.6. The first kappa shape index (κ1) is 20.7. The van der Waals surface area contributed by atoms with E-state index in [1.807, 2.05) is 20.8 Å². The van der Waals surface area contributed by atoms with Crippen LogP contribution < -0.4 is 10.2 Å². The molecular formula is C25H33N3O2. The van der Waals surface area contributed by atoms with Gasteiger partial charge in [0.2, 0.25) is 0 Å². The molecule has 2 aromatic rings. The van der Waals surface area contributed by atoms with E-state index in [1.165, 1.54) is 16.7 Å². The summed E-state index contributed by atoms with van der Waals surface area (Å²) >= 11 is 0. The van der Waals surface area contributed by atoms with Gasteiger partial charge in [-0.25, -0.2) is 9.78 Å². The molecule has 160 valence electrons. The molecule has 1 saturated heterocycles. The Labute approximate surface area is 179 Å². The van der Waals surface area contributed by atoms with Gasteiger partial charge in [-0.2, -0.15) is 0 Å². The van der Waals surface area contributed by atoms with Crippen molar-refractivity contribution in [1.29, 1.82) is 0 Å². The highest BCUT2D eigenvalue weighted by Crippen LogP contribution is 2.52. The number of alkyl carbamates (subject to hydrolysis) is 1. The van der Waals surface area contributed by atoms with E-state index in [0.29, 0.717) is 0 Å².